The zero-order valence-corrected chi connectivity index (χ0v) is 20.0. The van der Waals surface area contributed by atoms with Gasteiger partial charge in [-0.2, -0.15) is 21.6 Å². The van der Waals surface area contributed by atoms with Gasteiger partial charge >= 0.3 is 15.5 Å². The van der Waals surface area contributed by atoms with Gasteiger partial charge in [0, 0.05) is 24.0 Å². The van der Waals surface area contributed by atoms with Gasteiger partial charge in [-0.05, 0) is 43.3 Å². The number of halogens is 4. The van der Waals surface area contributed by atoms with Crippen molar-refractivity contribution in [1.82, 2.24) is 4.98 Å². The highest BCUT2D eigenvalue weighted by Crippen LogP contribution is 2.34. The van der Waals surface area contributed by atoms with Crippen LogP contribution in [-0.2, 0) is 16.4 Å². The Kier molecular flexibility index (Phi) is 7.93. The van der Waals surface area contributed by atoms with Crippen molar-refractivity contribution in [3.05, 3.63) is 59.7 Å². The van der Waals surface area contributed by atoms with Gasteiger partial charge in [0.15, 0.2) is 0 Å². The van der Waals surface area contributed by atoms with Crippen LogP contribution in [-0.4, -0.2) is 32.1 Å². The molecule has 35 heavy (non-hydrogen) atoms. The molecule has 0 spiro atoms. The molecule has 0 aliphatic rings. The van der Waals surface area contributed by atoms with E-state index in [1.807, 2.05) is 13.8 Å². The van der Waals surface area contributed by atoms with E-state index in [0.717, 1.165) is 6.07 Å². The number of hydrogen-bond donors (Lipinski definition) is 1. The van der Waals surface area contributed by atoms with Crippen molar-refractivity contribution in [2.45, 2.75) is 38.6 Å². The van der Waals surface area contributed by atoms with Gasteiger partial charge in [0.05, 0.1) is 24.6 Å². The van der Waals surface area contributed by atoms with Gasteiger partial charge in [-0.3, -0.25) is 4.72 Å². The number of nitrogens with one attached hydrogen (secondary N) is 1. The average molecular weight is 517 g/mol. The van der Waals surface area contributed by atoms with E-state index in [0.29, 0.717) is 29.3 Å². The first-order valence-electron chi connectivity index (χ1n) is 10.7. The maximum Gasteiger partial charge on any atom is 0.516 e. The summed E-state index contributed by atoms with van der Waals surface area (Å²) < 4.78 is 92.6. The monoisotopic (exact) mass is 516 g/mol. The molecule has 0 bridgehead atoms. The number of rotatable bonds is 10. The van der Waals surface area contributed by atoms with Gasteiger partial charge in [0.1, 0.15) is 23.1 Å². The number of anilines is 1. The van der Waals surface area contributed by atoms with Crippen LogP contribution in [0.5, 0.6) is 11.5 Å². The highest BCUT2D eigenvalue weighted by Gasteiger charge is 2.46. The molecule has 1 heterocycles. The van der Waals surface area contributed by atoms with Crippen LogP contribution in [0.1, 0.15) is 38.1 Å². The van der Waals surface area contributed by atoms with E-state index in [-0.39, 0.29) is 42.1 Å². The minimum Gasteiger partial charge on any atom is -0.493 e. The van der Waals surface area contributed by atoms with Crippen LogP contribution >= 0.6 is 0 Å². The molecule has 0 saturated carbocycles. The van der Waals surface area contributed by atoms with Crippen LogP contribution in [0, 0.1) is 5.82 Å². The van der Waals surface area contributed by atoms with Gasteiger partial charge in [-0.1, -0.05) is 13.8 Å². The van der Waals surface area contributed by atoms with Crippen LogP contribution in [0.4, 0.5) is 23.2 Å². The quantitative estimate of drug-likeness (QED) is 0.338. The van der Waals surface area contributed by atoms with Crippen molar-refractivity contribution >= 4 is 15.7 Å². The van der Waals surface area contributed by atoms with E-state index in [4.69, 9.17) is 13.9 Å². The molecule has 0 fully saturated rings. The second kappa shape index (κ2) is 10.5. The standard InChI is InChI=1S/C23H24F4N2O5S/c1-4-32-20-13-17(9-10-18(20)29-35(30,31)23(25,26)27)33-12-11-19-21(14(2)3)34-22(28-19)15-5-7-16(24)8-6-15/h5-10,13-14,29H,4,11-12H2,1-3H3. The fourth-order valence-electron chi connectivity index (χ4n) is 3.13. The van der Waals surface area contributed by atoms with Crippen molar-refractivity contribution in [2.75, 3.05) is 17.9 Å². The summed E-state index contributed by atoms with van der Waals surface area (Å²) >= 11 is 0. The second-order valence-corrected chi connectivity index (χ2v) is 9.41. The van der Waals surface area contributed by atoms with Crippen molar-refractivity contribution in [2.24, 2.45) is 0 Å². The Morgan fingerprint density at radius 1 is 1.09 bits per heavy atom. The van der Waals surface area contributed by atoms with Crippen LogP contribution in [0.3, 0.4) is 0 Å². The number of benzene rings is 2. The van der Waals surface area contributed by atoms with Gasteiger partial charge in [0.25, 0.3) is 0 Å². The fraction of sp³-hybridized carbons (Fsp3) is 0.348. The summed E-state index contributed by atoms with van der Waals surface area (Å²) in [7, 11) is -5.60. The molecule has 0 amide bonds. The summed E-state index contributed by atoms with van der Waals surface area (Å²) in [6, 6.07) is 9.51. The van der Waals surface area contributed by atoms with E-state index in [9.17, 15) is 26.0 Å². The van der Waals surface area contributed by atoms with Gasteiger partial charge < -0.3 is 13.9 Å². The highest BCUT2D eigenvalue weighted by atomic mass is 32.2. The van der Waals surface area contributed by atoms with Crippen LogP contribution in [0.2, 0.25) is 0 Å². The Morgan fingerprint density at radius 3 is 2.37 bits per heavy atom. The van der Waals surface area contributed by atoms with E-state index in [1.54, 1.807) is 19.1 Å². The maximum atomic E-state index is 13.2. The number of ether oxygens (including phenoxy) is 2. The number of nitrogens with zero attached hydrogens (tertiary/aromatic N) is 1. The summed E-state index contributed by atoms with van der Waals surface area (Å²) in [6.07, 6.45) is 0.352. The predicted octanol–water partition coefficient (Wildman–Crippen LogP) is 5.89. The predicted molar refractivity (Wildman–Crippen MR) is 121 cm³/mol. The van der Waals surface area contributed by atoms with Crippen LogP contribution < -0.4 is 14.2 Å². The number of alkyl halides is 3. The SMILES string of the molecule is CCOc1cc(OCCc2nc(-c3ccc(F)cc3)oc2C(C)C)ccc1NS(=O)(=O)C(F)(F)F. The lowest BCUT2D eigenvalue weighted by Crippen LogP contribution is -2.30. The largest absolute Gasteiger partial charge is 0.516 e. The van der Waals surface area contributed by atoms with Gasteiger partial charge in [0.2, 0.25) is 5.89 Å². The number of aromatic nitrogens is 1. The summed E-state index contributed by atoms with van der Waals surface area (Å²) in [5.74, 6) is 0.805. The van der Waals surface area contributed by atoms with Gasteiger partial charge in [-0.15, -0.1) is 0 Å². The highest BCUT2D eigenvalue weighted by molar-refractivity contribution is 7.93. The molecule has 2 aromatic carbocycles. The Hall–Kier alpha value is -3.28. The minimum atomic E-state index is -5.60. The Balaban J connectivity index is 1.74. The number of oxazole rings is 1. The van der Waals surface area contributed by atoms with Crippen molar-refractivity contribution in [3.8, 4) is 23.0 Å². The third-order valence-corrected chi connectivity index (χ3v) is 5.85. The van der Waals surface area contributed by atoms with E-state index < -0.39 is 15.5 Å². The fourth-order valence-corrected chi connectivity index (χ4v) is 3.70. The molecular formula is C23H24F4N2O5S. The summed E-state index contributed by atoms with van der Waals surface area (Å²) in [5, 5.41) is 0. The molecule has 3 aromatic rings. The molecule has 7 nitrogen and oxygen atoms in total. The summed E-state index contributed by atoms with van der Waals surface area (Å²) in [6.45, 7) is 5.72. The second-order valence-electron chi connectivity index (χ2n) is 7.73. The molecular weight excluding hydrogens is 492 g/mol. The third kappa shape index (κ3) is 6.44. The topological polar surface area (TPSA) is 90.7 Å². The molecule has 0 saturated heterocycles. The molecule has 12 heteroatoms. The normalized spacial score (nSPS) is 12.1. The maximum absolute atomic E-state index is 13.2. The molecule has 1 N–H and O–H groups in total. The zero-order chi connectivity index (χ0) is 25.8. The first-order chi connectivity index (χ1) is 16.4. The Morgan fingerprint density at radius 2 is 1.77 bits per heavy atom. The lowest BCUT2D eigenvalue weighted by Gasteiger charge is -2.15. The molecule has 0 unspecified atom stereocenters. The average Bonchev–Trinajstić information content (AvgIpc) is 3.20. The van der Waals surface area contributed by atoms with Crippen molar-refractivity contribution in [1.29, 1.82) is 0 Å². The molecule has 3 rings (SSSR count). The van der Waals surface area contributed by atoms with E-state index >= 15 is 0 Å². The van der Waals surface area contributed by atoms with Crippen LogP contribution in [0.25, 0.3) is 11.5 Å². The lowest BCUT2D eigenvalue weighted by molar-refractivity contribution is -0.0429. The molecule has 1 aromatic heterocycles. The Labute approximate surface area is 200 Å². The lowest BCUT2D eigenvalue weighted by atomic mass is 10.1. The molecule has 0 aliphatic carbocycles. The first-order valence-corrected chi connectivity index (χ1v) is 12.1. The summed E-state index contributed by atoms with van der Waals surface area (Å²) in [4.78, 5) is 4.51. The number of hydrogen-bond acceptors (Lipinski definition) is 6. The van der Waals surface area contributed by atoms with Gasteiger partial charge in [-0.25, -0.2) is 9.37 Å². The smallest absolute Gasteiger partial charge is 0.493 e. The minimum absolute atomic E-state index is 0.0252. The molecule has 0 radical (unpaired) electrons. The van der Waals surface area contributed by atoms with E-state index in [1.165, 1.54) is 29.0 Å². The number of sulfonamides is 1. The first kappa shape index (κ1) is 26.3. The molecule has 0 aliphatic heterocycles. The summed E-state index contributed by atoms with van der Waals surface area (Å²) in [5.41, 5.74) is -4.55. The van der Waals surface area contributed by atoms with Crippen LogP contribution in [0.15, 0.2) is 46.9 Å². The zero-order valence-electron chi connectivity index (χ0n) is 19.1. The van der Waals surface area contributed by atoms with Crippen molar-refractivity contribution in [3.63, 3.8) is 0 Å². The molecule has 0 atom stereocenters. The molecule has 190 valence electrons. The third-order valence-electron chi connectivity index (χ3n) is 4.75. The Bertz CT molecular complexity index is 1260. The van der Waals surface area contributed by atoms with E-state index in [2.05, 4.69) is 4.98 Å². The van der Waals surface area contributed by atoms with Crippen molar-refractivity contribution < 1.29 is 39.9 Å².